The predicted molar refractivity (Wildman–Crippen MR) is 77.6 cm³/mol. The normalized spacial score (nSPS) is 10.8. The first-order valence-electron chi connectivity index (χ1n) is 6.03. The van der Waals surface area contributed by atoms with Crippen molar-refractivity contribution in [3.63, 3.8) is 0 Å². The van der Waals surface area contributed by atoms with Gasteiger partial charge in [-0.15, -0.1) is 5.10 Å². The third kappa shape index (κ3) is 2.12. The van der Waals surface area contributed by atoms with Crippen molar-refractivity contribution in [1.82, 2.24) is 14.6 Å². The van der Waals surface area contributed by atoms with E-state index in [0.717, 1.165) is 23.1 Å². The highest BCUT2D eigenvalue weighted by molar-refractivity contribution is 6.30. The number of hydrogen-bond acceptors (Lipinski definition) is 4. The largest absolute Gasteiger partial charge is 0.366 e. The number of rotatable bonds is 3. The summed E-state index contributed by atoms with van der Waals surface area (Å²) in [5.41, 5.74) is 8.90. The molecular formula is C14H11ClN4O. The zero-order valence-electron chi connectivity index (χ0n) is 10.5. The SMILES string of the molecule is Nc1nc2c(-c3ccc(Cl)cc3)ccc(CC=O)n2n1. The van der Waals surface area contributed by atoms with Gasteiger partial charge in [-0.2, -0.15) is 4.98 Å². The number of anilines is 1. The van der Waals surface area contributed by atoms with Gasteiger partial charge in [0.05, 0.1) is 5.69 Å². The van der Waals surface area contributed by atoms with Crippen LogP contribution < -0.4 is 5.73 Å². The maximum absolute atomic E-state index is 10.7. The van der Waals surface area contributed by atoms with Crippen LogP contribution in [0.5, 0.6) is 0 Å². The Hall–Kier alpha value is -2.40. The molecule has 0 amide bonds. The van der Waals surface area contributed by atoms with Gasteiger partial charge >= 0.3 is 0 Å². The fourth-order valence-electron chi connectivity index (χ4n) is 2.12. The molecule has 5 nitrogen and oxygen atoms in total. The van der Waals surface area contributed by atoms with E-state index in [2.05, 4.69) is 10.1 Å². The van der Waals surface area contributed by atoms with Crippen LogP contribution in [0.4, 0.5) is 5.95 Å². The first-order valence-corrected chi connectivity index (χ1v) is 6.40. The van der Waals surface area contributed by atoms with E-state index in [1.807, 2.05) is 36.4 Å². The minimum absolute atomic E-state index is 0.179. The van der Waals surface area contributed by atoms with Crippen molar-refractivity contribution in [2.45, 2.75) is 6.42 Å². The van der Waals surface area contributed by atoms with Crippen molar-refractivity contribution in [3.05, 3.63) is 47.1 Å². The second kappa shape index (κ2) is 4.94. The van der Waals surface area contributed by atoms with Crippen LogP contribution in [0.2, 0.25) is 5.02 Å². The predicted octanol–water partition coefficient (Wildman–Crippen LogP) is 2.37. The van der Waals surface area contributed by atoms with Crippen LogP contribution in [-0.2, 0) is 11.2 Å². The number of aldehydes is 1. The summed E-state index contributed by atoms with van der Waals surface area (Å²) in [4.78, 5) is 14.9. The minimum Gasteiger partial charge on any atom is -0.366 e. The Kier molecular flexibility index (Phi) is 3.12. The summed E-state index contributed by atoms with van der Waals surface area (Å²) in [6.45, 7) is 0. The van der Waals surface area contributed by atoms with Crippen molar-refractivity contribution in [2.75, 3.05) is 5.73 Å². The monoisotopic (exact) mass is 286 g/mol. The molecule has 0 fully saturated rings. The second-order valence-corrected chi connectivity index (χ2v) is 4.76. The van der Waals surface area contributed by atoms with Crippen molar-refractivity contribution in [3.8, 4) is 11.1 Å². The molecule has 0 saturated carbocycles. The molecule has 0 aliphatic heterocycles. The van der Waals surface area contributed by atoms with Crippen LogP contribution in [0.15, 0.2) is 36.4 Å². The number of aromatic nitrogens is 3. The Morgan fingerprint density at radius 3 is 2.65 bits per heavy atom. The van der Waals surface area contributed by atoms with Crippen molar-refractivity contribution < 1.29 is 4.79 Å². The minimum atomic E-state index is 0.179. The van der Waals surface area contributed by atoms with Crippen LogP contribution in [-0.4, -0.2) is 20.9 Å². The number of carbonyl (C=O) groups excluding carboxylic acids is 1. The van der Waals surface area contributed by atoms with E-state index in [1.165, 1.54) is 0 Å². The van der Waals surface area contributed by atoms with E-state index in [0.29, 0.717) is 10.7 Å². The molecule has 0 saturated heterocycles. The summed E-state index contributed by atoms with van der Waals surface area (Å²) in [5.74, 6) is 0.179. The number of fused-ring (bicyclic) bond motifs is 1. The van der Waals surface area contributed by atoms with E-state index < -0.39 is 0 Å². The summed E-state index contributed by atoms with van der Waals surface area (Å²) in [6, 6.07) is 11.2. The molecule has 20 heavy (non-hydrogen) atoms. The van der Waals surface area contributed by atoms with E-state index in [1.54, 1.807) is 4.52 Å². The molecule has 0 spiro atoms. The lowest BCUT2D eigenvalue weighted by Crippen LogP contribution is -2.01. The molecule has 100 valence electrons. The number of nitrogen functional groups attached to an aromatic ring is 1. The van der Waals surface area contributed by atoms with Gasteiger partial charge in [0.1, 0.15) is 6.29 Å². The fraction of sp³-hybridized carbons (Fsp3) is 0.0714. The van der Waals surface area contributed by atoms with Crippen LogP contribution in [0.1, 0.15) is 5.69 Å². The van der Waals surface area contributed by atoms with Crippen molar-refractivity contribution in [2.24, 2.45) is 0 Å². The van der Waals surface area contributed by atoms with Gasteiger partial charge in [-0.3, -0.25) is 0 Å². The molecule has 0 atom stereocenters. The number of nitrogens with two attached hydrogens (primary N) is 1. The summed E-state index contributed by atoms with van der Waals surface area (Å²) in [5, 5.41) is 4.80. The van der Waals surface area contributed by atoms with Gasteiger partial charge in [0.2, 0.25) is 5.95 Å². The number of hydrogen-bond donors (Lipinski definition) is 1. The lowest BCUT2D eigenvalue weighted by molar-refractivity contribution is -0.107. The Balaban J connectivity index is 2.24. The Labute approximate surface area is 120 Å². The molecule has 0 bridgehead atoms. The van der Waals surface area contributed by atoms with Crippen LogP contribution in [0.25, 0.3) is 16.8 Å². The standard InChI is InChI=1S/C14H11ClN4O/c15-10-3-1-9(2-4-10)12-6-5-11(7-8-20)19-13(12)17-14(16)18-19/h1-6,8H,7H2,(H2,16,18). The van der Waals surface area contributed by atoms with Crippen molar-refractivity contribution in [1.29, 1.82) is 0 Å². The molecule has 3 aromatic rings. The quantitative estimate of drug-likeness (QED) is 0.750. The summed E-state index contributed by atoms with van der Waals surface area (Å²) < 4.78 is 1.60. The zero-order chi connectivity index (χ0) is 14.1. The topological polar surface area (TPSA) is 73.3 Å². The molecule has 2 heterocycles. The number of pyridine rings is 1. The first-order chi connectivity index (χ1) is 9.69. The molecule has 1 aromatic carbocycles. The highest BCUT2D eigenvalue weighted by Gasteiger charge is 2.11. The van der Waals surface area contributed by atoms with E-state index in [-0.39, 0.29) is 12.4 Å². The smallest absolute Gasteiger partial charge is 0.240 e. The molecule has 3 rings (SSSR count). The molecule has 6 heteroatoms. The van der Waals surface area contributed by atoms with Crippen LogP contribution in [0, 0.1) is 0 Å². The maximum atomic E-state index is 10.7. The van der Waals surface area contributed by atoms with Gasteiger partial charge in [-0.1, -0.05) is 23.7 Å². The van der Waals surface area contributed by atoms with Gasteiger partial charge in [-0.05, 0) is 29.8 Å². The molecular weight excluding hydrogens is 276 g/mol. The maximum Gasteiger partial charge on any atom is 0.240 e. The molecule has 2 N–H and O–H groups in total. The van der Waals surface area contributed by atoms with E-state index in [9.17, 15) is 4.79 Å². The third-order valence-corrected chi connectivity index (χ3v) is 3.28. The molecule has 0 radical (unpaired) electrons. The van der Waals surface area contributed by atoms with Crippen LogP contribution in [0.3, 0.4) is 0 Å². The first kappa shape index (κ1) is 12.6. The number of carbonyl (C=O) groups is 1. The average Bonchev–Trinajstić information content (AvgIpc) is 2.82. The Morgan fingerprint density at radius 2 is 1.95 bits per heavy atom. The second-order valence-electron chi connectivity index (χ2n) is 4.32. The highest BCUT2D eigenvalue weighted by Crippen LogP contribution is 2.26. The van der Waals surface area contributed by atoms with Gasteiger partial charge < -0.3 is 10.5 Å². The lowest BCUT2D eigenvalue weighted by Gasteiger charge is -2.06. The van der Waals surface area contributed by atoms with Gasteiger partial charge in [0.25, 0.3) is 0 Å². The molecule has 0 aliphatic rings. The number of nitrogens with zero attached hydrogens (tertiary/aromatic N) is 3. The number of benzene rings is 1. The van der Waals surface area contributed by atoms with E-state index >= 15 is 0 Å². The fourth-order valence-corrected chi connectivity index (χ4v) is 2.25. The average molecular weight is 287 g/mol. The van der Waals surface area contributed by atoms with Gasteiger partial charge in [0.15, 0.2) is 5.65 Å². The number of halogens is 1. The molecule has 0 unspecified atom stereocenters. The molecule has 0 aliphatic carbocycles. The van der Waals surface area contributed by atoms with Crippen LogP contribution >= 0.6 is 11.6 Å². The van der Waals surface area contributed by atoms with E-state index in [4.69, 9.17) is 17.3 Å². The molecule has 2 aromatic heterocycles. The zero-order valence-corrected chi connectivity index (χ0v) is 11.2. The van der Waals surface area contributed by atoms with Crippen molar-refractivity contribution >= 4 is 29.5 Å². The summed E-state index contributed by atoms with van der Waals surface area (Å²) in [7, 11) is 0. The van der Waals surface area contributed by atoms with Gasteiger partial charge in [0, 0.05) is 17.0 Å². The third-order valence-electron chi connectivity index (χ3n) is 3.03. The Bertz CT molecular complexity index is 780. The lowest BCUT2D eigenvalue weighted by atomic mass is 10.1. The summed E-state index contributed by atoms with van der Waals surface area (Å²) in [6.07, 6.45) is 1.09. The summed E-state index contributed by atoms with van der Waals surface area (Å²) >= 11 is 5.90. The Morgan fingerprint density at radius 1 is 1.20 bits per heavy atom. The highest BCUT2D eigenvalue weighted by atomic mass is 35.5. The van der Waals surface area contributed by atoms with Gasteiger partial charge in [-0.25, -0.2) is 4.52 Å².